The Kier molecular flexibility index (Phi) is 4.89. The van der Waals surface area contributed by atoms with Gasteiger partial charge in [0.25, 0.3) is 5.91 Å². The predicted molar refractivity (Wildman–Crippen MR) is 95.1 cm³/mol. The molecule has 1 atom stereocenters. The minimum absolute atomic E-state index is 0.356. The number of amides is 2. The average molecular weight is 335 g/mol. The average Bonchev–Trinajstić information content (AvgIpc) is 2.66. The van der Waals surface area contributed by atoms with E-state index >= 15 is 0 Å². The maximum Gasteiger partial charge on any atom is 0.407 e. The summed E-state index contributed by atoms with van der Waals surface area (Å²) in [7, 11) is 1.26. The number of hydrogen-bond acceptors (Lipinski definition) is 4. The Morgan fingerprint density at radius 3 is 2.60 bits per heavy atom. The van der Waals surface area contributed by atoms with Gasteiger partial charge < -0.3 is 15.4 Å². The molecule has 6 heteroatoms. The van der Waals surface area contributed by atoms with Crippen LogP contribution < -0.4 is 10.6 Å². The van der Waals surface area contributed by atoms with E-state index in [0.29, 0.717) is 11.3 Å². The Bertz CT molecular complexity index is 897. The van der Waals surface area contributed by atoms with Crippen molar-refractivity contribution < 1.29 is 14.3 Å². The second kappa shape index (κ2) is 7.44. The Labute approximate surface area is 144 Å². The fraction of sp³-hybridized carbons (Fsp3) is 0.105. The number of nitrogens with zero attached hydrogens (tertiary/aromatic N) is 1. The molecule has 0 radical (unpaired) electrons. The third-order valence-corrected chi connectivity index (χ3v) is 3.75. The number of aromatic nitrogens is 1. The van der Waals surface area contributed by atoms with E-state index in [1.54, 1.807) is 42.7 Å². The van der Waals surface area contributed by atoms with Crippen molar-refractivity contribution in [2.45, 2.75) is 6.04 Å². The number of anilines is 1. The van der Waals surface area contributed by atoms with Crippen LogP contribution in [0.2, 0.25) is 0 Å². The molecule has 2 aromatic carbocycles. The molecule has 1 aromatic heterocycles. The third kappa shape index (κ3) is 3.92. The summed E-state index contributed by atoms with van der Waals surface area (Å²) in [6, 6.07) is 15.5. The van der Waals surface area contributed by atoms with Crippen LogP contribution in [-0.4, -0.2) is 24.1 Å². The highest BCUT2D eigenvalue weighted by atomic mass is 16.5. The molecule has 6 nitrogen and oxygen atoms in total. The Morgan fingerprint density at radius 2 is 1.84 bits per heavy atom. The van der Waals surface area contributed by atoms with Gasteiger partial charge in [-0.15, -0.1) is 0 Å². The van der Waals surface area contributed by atoms with Crippen LogP contribution in [-0.2, 0) is 9.53 Å². The Hall–Kier alpha value is -3.41. The molecular weight excluding hydrogens is 318 g/mol. The molecule has 25 heavy (non-hydrogen) atoms. The quantitative estimate of drug-likeness (QED) is 0.767. The summed E-state index contributed by atoms with van der Waals surface area (Å²) in [5.74, 6) is -0.356. The first-order chi connectivity index (χ1) is 12.2. The van der Waals surface area contributed by atoms with E-state index in [2.05, 4.69) is 20.4 Å². The summed E-state index contributed by atoms with van der Waals surface area (Å²) >= 11 is 0. The number of nitrogens with one attached hydrogen (secondary N) is 2. The highest BCUT2D eigenvalue weighted by Crippen LogP contribution is 2.20. The molecule has 0 fully saturated rings. The lowest BCUT2D eigenvalue weighted by Gasteiger charge is -2.18. The molecule has 1 unspecified atom stereocenters. The molecule has 3 aromatic rings. The van der Waals surface area contributed by atoms with Crippen LogP contribution in [0.1, 0.15) is 11.6 Å². The summed E-state index contributed by atoms with van der Waals surface area (Å²) < 4.78 is 4.62. The van der Waals surface area contributed by atoms with E-state index < -0.39 is 12.1 Å². The number of hydrogen-bond donors (Lipinski definition) is 2. The zero-order valence-corrected chi connectivity index (χ0v) is 13.6. The standard InChI is InChI=1S/C19H17N3O3/c1-25-19(24)22-17(13-5-3-2-4-6-13)18(23)21-16-8-7-15-12-20-10-9-14(15)11-16/h2-12,17H,1H3,(H,21,23)(H,22,24). The lowest BCUT2D eigenvalue weighted by molar-refractivity contribution is -0.118. The molecule has 0 saturated carbocycles. The number of ether oxygens (including phenoxy) is 1. The first-order valence-corrected chi connectivity index (χ1v) is 7.71. The summed E-state index contributed by atoms with van der Waals surface area (Å²) in [5, 5.41) is 7.33. The molecule has 0 saturated heterocycles. The molecule has 0 spiro atoms. The van der Waals surface area contributed by atoms with Gasteiger partial charge in [-0.3, -0.25) is 9.78 Å². The summed E-state index contributed by atoms with van der Waals surface area (Å²) in [6.45, 7) is 0. The normalized spacial score (nSPS) is 11.6. The fourth-order valence-corrected chi connectivity index (χ4v) is 2.50. The minimum Gasteiger partial charge on any atom is -0.453 e. The number of carbonyl (C=O) groups excluding carboxylic acids is 2. The molecule has 0 bridgehead atoms. The first-order valence-electron chi connectivity index (χ1n) is 7.71. The van der Waals surface area contributed by atoms with Gasteiger partial charge in [-0.25, -0.2) is 4.79 Å². The summed E-state index contributed by atoms with van der Waals surface area (Å²) in [6.07, 6.45) is 2.78. The van der Waals surface area contributed by atoms with E-state index in [0.717, 1.165) is 10.8 Å². The van der Waals surface area contributed by atoms with Crippen molar-refractivity contribution in [2.75, 3.05) is 12.4 Å². The number of benzene rings is 2. The van der Waals surface area contributed by atoms with Crippen LogP contribution in [0.5, 0.6) is 0 Å². The Balaban J connectivity index is 1.84. The number of pyridine rings is 1. The van der Waals surface area contributed by atoms with Crippen molar-refractivity contribution in [2.24, 2.45) is 0 Å². The van der Waals surface area contributed by atoms with Crippen LogP contribution in [0.4, 0.5) is 10.5 Å². The second-order valence-electron chi connectivity index (χ2n) is 5.41. The van der Waals surface area contributed by atoms with E-state index in [1.165, 1.54) is 7.11 Å². The maximum absolute atomic E-state index is 12.7. The Morgan fingerprint density at radius 1 is 1.04 bits per heavy atom. The van der Waals surface area contributed by atoms with E-state index in [1.807, 2.05) is 24.3 Å². The monoisotopic (exact) mass is 335 g/mol. The molecule has 0 aliphatic rings. The minimum atomic E-state index is -0.859. The fourth-order valence-electron chi connectivity index (χ4n) is 2.50. The molecule has 3 rings (SSSR count). The smallest absolute Gasteiger partial charge is 0.407 e. The predicted octanol–water partition coefficient (Wildman–Crippen LogP) is 3.27. The van der Waals surface area contributed by atoms with Gasteiger partial charge in [0.1, 0.15) is 6.04 Å². The van der Waals surface area contributed by atoms with Gasteiger partial charge in [0, 0.05) is 23.5 Å². The highest BCUT2D eigenvalue weighted by Gasteiger charge is 2.23. The topological polar surface area (TPSA) is 80.3 Å². The van der Waals surface area contributed by atoms with Crippen LogP contribution >= 0.6 is 0 Å². The van der Waals surface area contributed by atoms with Crippen molar-refractivity contribution in [3.05, 3.63) is 72.6 Å². The largest absolute Gasteiger partial charge is 0.453 e. The zero-order chi connectivity index (χ0) is 17.6. The van der Waals surface area contributed by atoms with Crippen molar-refractivity contribution in [1.82, 2.24) is 10.3 Å². The molecule has 2 N–H and O–H groups in total. The molecular formula is C19H17N3O3. The first kappa shape index (κ1) is 16.4. The van der Waals surface area contributed by atoms with Crippen molar-refractivity contribution in [3.8, 4) is 0 Å². The van der Waals surface area contributed by atoms with Gasteiger partial charge in [0.2, 0.25) is 0 Å². The maximum atomic E-state index is 12.7. The van der Waals surface area contributed by atoms with Gasteiger partial charge in [-0.1, -0.05) is 36.4 Å². The van der Waals surface area contributed by atoms with Crippen LogP contribution in [0, 0.1) is 0 Å². The van der Waals surface area contributed by atoms with Crippen LogP contribution in [0.25, 0.3) is 10.8 Å². The summed E-state index contributed by atoms with van der Waals surface area (Å²) in [4.78, 5) is 28.4. The van der Waals surface area contributed by atoms with Crippen molar-refractivity contribution in [3.63, 3.8) is 0 Å². The van der Waals surface area contributed by atoms with E-state index in [-0.39, 0.29) is 5.91 Å². The molecule has 126 valence electrons. The number of carbonyl (C=O) groups is 2. The molecule has 1 heterocycles. The molecule has 2 amide bonds. The van der Waals surface area contributed by atoms with Crippen molar-refractivity contribution in [1.29, 1.82) is 0 Å². The summed E-state index contributed by atoms with van der Waals surface area (Å²) in [5.41, 5.74) is 1.30. The highest BCUT2D eigenvalue weighted by molar-refractivity contribution is 5.99. The number of fused-ring (bicyclic) bond motifs is 1. The number of alkyl carbamates (subject to hydrolysis) is 1. The van der Waals surface area contributed by atoms with E-state index in [9.17, 15) is 9.59 Å². The SMILES string of the molecule is COC(=O)NC(C(=O)Nc1ccc2cnccc2c1)c1ccccc1. The molecule has 0 aliphatic carbocycles. The number of methoxy groups -OCH3 is 1. The number of rotatable bonds is 4. The lowest BCUT2D eigenvalue weighted by atomic mass is 10.1. The zero-order valence-electron chi connectivity index (χ0n) is 13.6. The van der Waals surface area contributed by atoms with Gasteiger partial charge in [0.05, 0.1) is 7.11 Å². The second-order valence-corrected chi connectivity index (χ2v) is 5.41. The van der Waals surface area contributed by atoms with Crippen LogP contribution in [0.3, 0.4) is 0 Å². The molecule has 0 aliphatic heterocycles. The third-order valence-electron chi connectivity index (χ3n) is 3.75. The van der Waals surface area contributed by atoms with Gasteiger partial charge in [0.15, 0.2) is 0 Å². The van der Waals surface area contributed by atoms with Gasteiger partial charge in [-0.2, -0.15) is 0 Å². The van der Waals surface area contributed by atoms with Crippen molar-refractivity contribution >= 4 is 28.5 Å². The van der Waals surface area contributed by atoms with Gasteiger partial charge in [-0.05, 0) is 29.1 Å². The van der Waals surface area contributed by atoms with Gasteiger partial charge >= 0.3 is 6.09 Å². The van der Waals surface area contributed by atoms with E-state index in [4.69, 9.17) is 0 Å². The van der Waals surface area contributed by atoms with Crippen LogP contribution in [0.15, 0.2) is 67.0 Å². The lowest BCUT2D eigenvalue weighted by Crippen LogP contribution is -2.36.